The third kappa shape index (κ3) is 5.75. The van der Waals surface area contributed by atoms with E-state index < -0.39 is 0 Å². The Morgan fingerprint density at radius 3 is 2.48 bits per heavy atom. The maximum Gasteiger partial charge on any atom is 0.332 e. The molecular weight excluding hydrogens is 414 g/mol. The highest BCUT2D eigenvalue weighted by Gasteiger charge is 2.18. The monoisotopic (exact) mass is 443 g/mol. The highest BCUT2D eigenvalue weighted by Crippen LogP contribution is 2.24. The van der Waals surface area contributed by atoms with Gasteiger partial charge in [0.15, 0.2) is 0 Å². The van der Waals surface area contributed by atoms with Gasteiger partial charge in [0, 0.05) is 18.4 Å². The van der Waals surface area contributed by atoms with Crippen LogP contribution in [0.15, 0.2) is 53.3 Å². The van der Waals surface area contributed by atoms with Crippen LogP contribution in [0.3, 0.4) is 0 Å². The van der Waals surface area contributed by atoms with Gasteiger partial charge in [-0.3, -0.25) is 4.79 Å². The fraction of sp³-hybridized carbons (Fsp3) is 0.333. The first-order chi connectivity index (χ1) is 16.0. The largest absolute Gasteiger partial charge is 0.335 e. The Kier molecular flexibility index (Phi) is 8.15. The first-order valence-electron chi connectivity index (χ1n) is 11.4. The molecule has 0 aliphatic heterocycles. The lowest BCUT2D eigenvalue weighted by atomic mass is 9.97. The Labute approximate surface area is 194 Å². The van der Waals surface area contributed by atoms with Gasteiger partial charge in [-0.15, -0.1) is 0 Å². The van der Waals surface area contributed by atoms with Crippen LogP contribution in [0.2, 0.25) is 0 Å². The van der Waals surface area contributed by atoms with Crippen molar-refractivity contribution in [2.75, 3.05) is 0 Å². The highest BCUT2D eigenvalue weighted by molar-refractivity contribution is 5.70. The summed E-state index contributed by atoms with van der Waals surface area (Å²) in [6.45, 7) is 5.68. The summed E-state index contributed by atoms with van der Waals surface area (Å²) in [4.78, 5) is 34.8. The molecule has 0 saturated carbocycles. The van der Waals surface area contributed by atoms with Crippen LogP contribution < -0.4 is 10.4 Å². The second kappa shape index (κ2) is 11.2. The zero-order chi connectivity index (χ0) is 23.8. The minimum absolute atomic E-state index is 0.291. The average molecular weight is 444 g/mol. The van der Waals surface area contributed by atoms with Gasteiger partial charge in [-0.05, 0) is 48.9 Å². The SMILES string of the molecule is CCCCc1c(Cc2ccc(-c3ccccc3C#N)cc2)c(=O)nc(C)n1OC(=O)CCC. The second-order valence-electron chi connectivity index (χ2n) is 8.03. The first kappa shape index (κ1) is 23.9. The van der Waals surface area contributed by atoms with Crippen LogP contribution in [-0.4, -0.2) is 15.7 Å². The van der Waals surface area contributed by atoms with Crippen LogP contribution in [-0.2, 0) is 17.6 Å². The molecule has 170 valence electrons. The van der Waals surface area contributed by atoms with Crippen molar-refractivity contribution in [1.82, 2.24) is 9.71 Å². The molecule has 6 heteroatoms. The van der Waals surface area contributed by atoms with Crippen molar-refractivity contribution >= 4 is 5.97 Å². The Morgan fingerprint density at radius 2 is 1.82 bits per heavy atom. The number of hydrogen-bond acceptors (Lipinski definition) is 5. The fourth-order valence-corrected chi connectivity index (χ4v) is 3.79. The molecule has 0 unspecified atom stereocenters. The molecule has 3 aromatic rings. The number of hydrogen-bond donors (Lipinski definition) is 0. The summed E-state index contributed by atoms with van der Waals surface area (Å²) in [6.07, 6.45) is 3.81. The molecule has 1 aromatic heterocycles. The quantitative estimate of drug-likeness (QED) is 0.475. The van der Waals surface area contributed by atoms with Gasteiger partial charge in [-0.1, -0.05) is 62.7 Å². The number of aryl methyl sites for hydroxylation is 1. The Morgan fingerprint density at radius 1 is 1.09 bits per heavy atom. The summed E-state index contributed by atoms with van der Waals surface area (Å²) in [6, 6.07) is 17.5. The number of aromatic nitrogens is 2. The molecular formula is C27H29N3O3. The molecule has 33 heavy (non-hydrogen) atoms. The molecule has 6 nitrogen and oxygen atoms in total. The Hall–Kier alpha value is -3.72. The lowest BCUT2D eigenvalue weighted by Crippen LogP contribution is -2.31. The third-order valence-corrected chi connectivity index (χ3v) is 5.52. The minimum Gasteiger partial charge on any atom is -0.335 e. The predicted octanol–water partition coefficient (Wildman–Crippen LogP) is 4.78. The average Bonchev–Trinajstić information content (AvgIpc) is 2.82. The lowest BCUT2D eigenvalue weighted by molar-refractivity contribution is -0.145. The molecule has 0 aliphatic rings. The lowest BCUT2D eigenvalue weighted by Gasteiger charge is -2.18. The van der Waals surface area contributed by atoms with Crippen LogP contribution >= 0.6 is 0 Å². The topological polar surface area (TPSA) is 85.0 Å². The van der Waals surface area contributed by atoms with Gasteiger partial charge >= 0.3 is 5.97 Å². The molecule has 0 spiro atoms. The number of unbranched alkanes of at least 4 members (excludes halogenated alkanes) is 1. The van der Waals surface area contributed by atoms with Crippen LogP contribution in [0.5, 0.6) is 0 Å². The van der Waals surface area contributed by atoms with Gasteiger partial charge in [-0.25, -0.2) is 4.79 Å². The summed E-state index contributed by atoms with van der Waals surface area (Å²) >= 11 is 0. The van der Waals surface area contributed by atoms with Crippen molar-refractivity contribution in [3.8, 4) is 17.2 Å². The molecule has 3 rings (SSSR count). The molecule has 0 aliphatic carbocycles. The van der Waals surface area contributed by atoms with E-state index in [9.17, 15) is 14.9 Å². The summed E-state index contributed by atoms with van der Waals surface area (Å²) in [7, 11) is 0. The second-order valence-corrected chi connectivity index (χ2v) is 8.03. The van der Waals surface area contributed by atoms with Crippen LogP contribution in [0, 0.1) is 18.3 Å². The summed E-state index contributed by atoms with van der Waals surface area (Å²) in [5.74, 6) is 0.0398. The van der Waals surface area contributed by atoms with Gasteiger partial charge in [0.25, 0.3) is 5.56 Å². The van der Waals surface area contributed by atoms with Gasteiger partial charge in [0.05, 0.1) is 17.3 Å². The highest BCUT2D eigenvalue weighted by atomic mass is 16.7. The van der Waals surface area contributed by atoms with Gasteiger partial charge in [-0.2, -0.15) is 15.0 Å². The molecule has 1 heterocycles. The summed E-state index contributed by atoms with van der Waals surface area (Å²) < 4.78 is 1.45. The van der Waals surface area contributed by atoms with E-state index in [-0.39, 0.29) is 11.5 Å². The Balaban J connectivity index is 1.97. The zero-order valence-electron chi connectivity index (χ0n) is 19.4. The van der Waals surface area contributed by atoms with Crippen molar-refractivity contribution in [2.24, 2.45) is 0 Å². The van der Waals surface area contributed by atoms with E-state index in [4.69, 9.17) is 4.84 Å². The van der Waals surface area contributed by atoms with E-state index in [1.807, 2.05) is 49.4 Å². The van der Waals surface area contributed by atoms with E-state index in [0.717, 1.165) is 29.5 Å². The number of benzene rings is 2. The maximum atomic E-state index is 12.9. The van der Waals surface area contributed by atoms with Crippen molar-refractivity contribution in [3.05, 3.63) is 87.1 Å². The normalized spacial score (nSPS) is 10.6. The van der Waals surface area contributed by atoms with Gasteiger partial charge in [0.1, 0.15) is 5.82 Å². The molecule has 2 aromatic carbocycles. The molecule has 0 atom stereocenters. The number of rotatable bonds is 9. The van der Waals surface area contributed by atoms with Crippen molar-refractivity contribution in [2.45, 2.75) is 59.3 Å². The summed E-state index contributed by atoms with van der Waals surface area (Å²) in [5, 5.41) is 9.38. The van der Waals surface area contributed by atoms with E-state index in [1.54, 1.807) is 13.0 Å². The van der Waals surface area contributed by atoms with Gasteiger partial charge < -0.3 is 4.84 Å². The Bertz CT molecular complexity index is 1220. The number of carbonyl (C=O) groups is 1. The van der Waals surface area contributed by atoms with E-state index in [0.29, 0.717) is 48.3 Å². The minimum atomic E-state index is -0.338. The van der Waals surface area contributed by atoms with Gasteiger partial charge in [0.2, 0.25) is 0 Å². The van der Waals surface area contributed by atoms with Crippen molar-refractivity contribution < 1.29 is 9.63 Å². The molecule has 0 radical (unpaired) electrons. The number of carbonyl (C=O) groups excluding carboxylic acids is 1. The number of nitriles is 1. The standard InChI is InChI=1S/C27H29N3O3/c1-4-6-12-25-24(27(32)29-19(3)30(25)33-26(31)9-5-2)17-20-13-15-21(16-14-20)23-11-8-7-10-22(23)18-28/h7-8,10-11,13-16H,4-6,9,12,17H2,1-3H3. The first-order valence-corrected chi connectivity index (χ1v) is 11.4. The molecule has 0 bridgehead atoms. The van der Waals surface area contributed by atoms with E-state index in [2.05, 4.69) is 18.0 Å². The fourth-order valence-electron chi connectivity index (χ4n) is 3.79. The van der Waals surface area contributed by atoms with Crippen molar-refractivity contribution in [1.29, 1.82) is 5.26 Å². The molecule has 0 saturated heterocycles. The van der Waals surface area contributed by atoms with E-state index >= 15 is 0 Å². The number of nitrogens with zero attached hydrogens (tertiary/aromatic N) is 3. The summed E-state index contributed by atoms with van der Waals surface area (Å²) in [5.41, 5.74) is 4.33. The predicted molar refractivity (Wildman–Crippen MR) is 128 cm³/mol. The van der Waals surface area contributed by atoms with Crippen LogP contribution in [0.25, 0.3) is 11.1 Å². The third-order valence-electron chi connectivity index (χ3n) is 5.52. The van der Waals surface area contributed by atoms with Crippen LogP contribution in [0.1, 0.15) is 67.7 Å². The van der Waals surface area contributed by atoms with E-state index in [1.165, 1.54) is 4.73 Å². The van der Waals surface area contributed by atoms with Crippen LogP contribution in [0.4, 0.5) is 0 Å². The smallest absolute Gasteiger partial charge is 0.332 e. The molecule has 0 amide bonds. The molecule has 0 fully saturated rings. The maximum absolute atomic E-state index is 12.9. The zero-order valence-corrected chi connectivity index (χ0v) is 19.4. The van der Waals surface area contributed by atoms with Crippen molar-refractivity contribution in [3.63, 3.8) is 0 Å². The molecule has 0 N–H and O–H groups in total.